The van der Waals surface area contributed by atoms with Crippen LogP contribution in [0.2, 0.25) is 0 Å². The van der Waals surface area contributed by atoms with E-state index in [4.69, 9.17) is 0 Å². The summed E-state index contributed by atoms with van der Waals surface area (Å²) in [6, 6.07) is 19.0. The lowest BCUT2D eigenvalue weighted by Crippen LogP contribution is -2.33. The molecule has 0 spiro atoms. The Hall–Kier alpha value is -2.85. The molecule has 4 heteroatoms. The van der Waals surface area contributed by atoms with Gasteiger partial charge in [0.2, 0.25) is 0 Å². The fraction of sp³-hybridized carbons (Fsp3) is 0.346. The van der Waals surface area contributed by atoms with E-state index in [2.05, 4.69) is 96.7 Å². The molecule has 0 bridgehead atoms. The first-order chi connectivity index (χ1) is 14.5. The van der Waals surface area contributed by atoms with E-state index in [1.165, 1.54) is 33.6 Å². The topological polar surface area (TPSA) is 40.2 Å². The molecule has 0 aliphatic rings. The quantitative estimate of drug-likeness (QED) is 0.480. The molecular weight excluding hydrogens is 368 g/mol. The summed E-state index contributed by atoms with van der Waals surface area (Å²) in [6.07, 6.45) is 1.87. The van der Waals surface area contributed by atoms with Crippen LogP contribution < -0.4 is 10.6 Å². The van der Waals surface area contributed by atoms with Gasteiger partial charge >= 0.3 is 0 Å². The lowest BCUT2D eigenvalue weighted by molar-refractivity contribution is 0.283. The summed E-state index contributed by atoms with van der Waals surface area (Å²) in [4.78, 5) is 6.99. The number of aromatic nitrogens is 1. The molecule has 1 aromatic heterocycles. The summed E-state index contributed by atoms with van der Waals surface area (Å²) in [5.41, 5.74) is 8.79. The van der Waals surface area contributed by atoms with Crippen molar-refractivity contribution in [1.82, 2.24) is 9.88 Å². The fourth-order valence-corrected chi connectivity index (χ4v) is 3.86. The Kier molecular flexibility index (Phi) is 7.86. The van der Waals surface area contributed by atoms with Gasteiger partial charge in [0.25, 0.3) is 0 Å². The second-order valence-corrected chi connectivity index (χ2v) is 7.98. The predicted octanol–water partition coefficient (Wildman–Crippen LogP) is 5.34. The van der Waals surface area contributed by atoms with Gasteiger partial charge in [0.15, 0.2) is 0 Å². The van der Waals surface area contributed by atoms with Gasteiger partial charge < -0.3 is 10.6 Å². The molecule has 0 saturated heterocycles. The predicted molar refractivity (Wildman–Crippen MR) is 128 cm³/mol. The van der Waals surface area contributed by atoms with E-state index in [-0.39, 0.29) is 0 Å². The van der Waals surface area contributed by atoms with Gasteiger partial charge in [-0.05, 0) is 62.1 Å². The lowest BCUT2D eigenvalue weighted by atomic mass is 10.1. The highest BCUT2D eigenvalue weighted by Gasteiger charge is 2.09. The maximum Gasteiger partial charge on any atom is 0.0543 e. The zero-order chi connectivity index (χ0) is 21.3. The highest BCUT2D eigenvalue weighted by atomic mass is 15.2. The van der Waals surface area contributed by atoms with Gasteiger partial charge in [-0.25, -0.2) is 0 Å². The Morgan fingerprint density at radius 2 is 1.17 bits per heavy atom. The number of pyridine rings is 1. The van der Waals surface area contributed by atoms with E-state index < -0.39 is 0 Å². The van der Waals surface area contributed by atoms with Crippen molar-refractivity contribution in [3.05, 3.63) is 88.7 Å². The van der Waals surface area contributed by atoms with E-state index in [0.29, 0.717) is 0 Å². The summed E-state index contributed by atoms with van der Waals surface area (Å²) in [7, 11) is 0. The van der Waals surface area contributed by atoms with Crippen molar-refractivity contribution >= 4 is 11.4 Å². The summed E-state index contributed by atoms with van der Waals surface area (Å²) in [5, 5.41) is 7.28. The Balaban J connectivity index is 1.60. The molecule has 3 rings (SSSR count). The van der Waals surface area contributed by atoms with Gasteiger partial charge in [0.1, 0.15) is 0 Å². The number of hydrogen-bond acceptors (Lipinski definition) is 4. The minimum Gasteiger partial charge on any atom is -0.383 e. The maximum absolute atomic E-state index is 4.53. The van der Waals surface area contributed by atoms with Crippen LogP contribution in [-0.2, 0) is 6.54 Å². The first-order valence-corrected chi connectivity index (χ1v) is 10.8. The van der Waals surface area contributed by atoms with Gasteiger partial charge in [-0.2, -0.15) is 0 Å². The highest BCUT2D eigenvalue weighted by molar-refractivity contribution is 5.57. The third-order valence-corrected chi connectivity index (χ3v) is 5.53. The number of nitrogens with one attached hydrogen (secondary N) is 2. The highest BCUT2D eigenvalue weighted by Crippen LogP contribution is 2.20. The number of anilines is 2. The number of nitrogens with zero attached hydrogens (tertiary/aromatic N) is 2. The Morgan fingerprint density at radius 3 is 1.60 bits per heavy atom. The first-order valence-electron chi connectivity index (χ1n) is 10.8. The smallest absolute Gasteiger partial charge is 0.0543 e. The molecule has 0 atom stereocenters. The molecule has 3 aromatic rings. The van der Waals surface area contributed by atoms with Crippen molar-refractivity contribution in [3.63, 3.8) is 0 Å². The van der Waals surface area contributed by atoms with E-state index in [1.54, 1.807) is 0 Å². The molecule has 2 N–H and O–H groups in total. The van der Waals surface area contributed by atoms with Gasteiger partial charge in [-0.15, -0.1) is 0 Å². The number of rotatable bonds is 10. The van der Waals surface area contributed by atoms with Crippen molar-refractivity contribution < 1.29 is 0 Å². The zero-order valence-corrected chi connectivity index (χ0v) is 18.7. The number of hydrogen-bond donors (Lipinski definition) is 2. The molecule has 0 amide bonds. The summed E-state index contributed by atoms with van der Waals surface area (Å²) in [5.74, 6) is 0. The Labute approximate surface area is 181 Å². The zero-order valence-electron chi connectivity index (χ0n) is 18.7. The monoisotopic (exact) mass is 402 g/mol. The second-order valence-electron chi connectivity index (χ2n) is 7.98. The molecule has 158 valence electrons. The van der Waals surface area contributed by atoms with Gasteiger partial charge in [0, 0.05) is 50.3 Å². The lowest BCUT2D eigenvalue weighted by Gasteiger charge is -2.24. The minimum absolute atomic E-state index is 0.851. The van der Waals surface area contributed by atoms with Crippen LogP contribution in [0.4, 0.5) is 11.4 Å². The van der Waals surface area contributed by atoms with Crippen LogP contribution in [0.1, 0.15) is 27.9 Å². The average molecular weight is 403 g/mol. The molecule has 1 heterocycles. The standard InChI is InChI=1S/C26H34N4/c1-20-9-7-10-21(2)25(20)28-15-17-30(19-24-13-5-6-14-27-24)18-16-29-26-22(3)11-8-12-23(26)4/h5-14,28-29H,15-19H2,1-4H3. The summed E-state index contributed by atoms with van der Waals surface area (Å²) in [6.45, 7) is 13.2. The number of benzene rings is 2. The average Bonchev–Trinajstić information content (AvgIpc) is 2.73. The fourth-order valence-electron chi connectivity index (χ4n) is 3.86. The van der Waals surface area contributed by atoms with Gasteiger partial charge in [-0.1, -0.05) is 42.5 Å². The third kappa shape index (κ3) is 6.07. The SMILES string of the molecule is Cc1cccc(C)c1NCCN(CCNc1c(C)cccc1C)Cc1ccccn1. The van der Waals surface area contributed by atoms with E-state index >= 15 is 0 Å². The van der Waals surface area contributed by atoms with Crippen LogP contribution in [0.15, 0.2) is 60.8 Å². The van der Waals surface area contributed by atoms with Crippen LogP contribution >= 0.6 is 0 Å². The van der Waals surface area contributed by atoms with Gasteiger partial charge in [-0.3, -0.25) is 9.88 Å². The Morgan fingerprint density at radius 1 is 0.667 bits per heavy atom. The minimum atomic E-state index is 0.851. The normalized spacial score (nSPS) is 11.0. The van der Waals surface area contributed by atoms with Crippen LogP contribution in [0.5, 0.6) is 0 Å². The molecule has 0 aliphatic heterocycles. The molecule has 30 heavy (non-hydrogen) atoms. The van der Waals surface area contributed by atoms with Crippen molar-refractivity contribution in [3.8, 4) is 0 Å². The van der Waals surface area contributed by atoms with Crippen LogP contribution in [0.25, 0.3) is 0 Å². The van der Waals surface area contributed by atoms with Crippen LogP contribution in [-0.4, -0.2) is 36.1 Å². The van der Waals surface area contributed by atoms with Crippen molar-refractivity contribution in [2.24, 2.45) is 0 Å². The van der Waals surface area contributed by atoms with Crippen LogP contribution in [0.3, 0.4) is 0 Å². The molecule has 0 unspecified atom stereocenters. The first kappa shape index (κ1) is 21.8. The van der Waals surface area contributed by atoms with Crippen molar-refractivity contribution in [1.29, 1.82) is 0 Å². The maximum atomic E-state index is 4.53. The van der Waals surface area contributed by atoms with Crippen molar-refractivity contribution in [2.45, 2.75) is 34.2 Å². The summed E-state index contributed by atoms with van der Waals surface area (Å²) >= 11 is 0. The van der Waals surface area contributed by atoms with E-state index in [1.807, 2.05) is 12.3 Å². The molecule has 0 saturated carbocycles. The largest absolute Gasteiger partial charge is 0.383 e. The molecule has 0 aliphatic carbocycles. The van der Waals surface area contributed by atoms with Crippen LogP contribution in [0, 0.1) is 27.7 Å². The summed E-state index contributed by atoms with van der Waals surface area (Å²) < 4.78 is 0. The van der Waals surface area contributed by atoms with Gasteiger partial charge in [0.05, 0.1) is 5.69 Å². The Bertz CT molecular complexity index is 839. The van der Waals surface area contributed by atoms with Crippen molar-refractivity contribution in [2.75, 3.05) is 36.8 Å². The number of aryl methyl sites for hydroxylation is 4. The molecule has 2 aromatic carbocycles. The molecule has 4 nitrogen and oxygen atoms in total. The third-order valence-electron chi connectivity index (χ3n) is 5.53. The second kappa shape index (κ2) is 10.8. The molecule has 0 fully saturated rings. The molecular formula is C26H34N4. The molecule has 0 radical (unpaired) electrons. The number of para-hydroxylation sites is 2. The van der Waals surface area contributed by atoms with E-state index in [9.17, 15) is 0 Å². The van der Waals surface area contributed by atoms with E-state index in [0.717, 1.165) is 38.4 Å².